The van der Waals surface area contributed by atoms with Crippen LogP contribution < -0.4 is 10.1 Å². The lowest BCUT2D eigenvalue weighted by Gasteiger charge is -2.20. The van der Waals surface area contributed by atoms with Gasteiger partial charge in [0.15, 0.2) is 0 Å². The van der Waals surface area contributed by atoms with Gasteiger partial charge in [-0.1, -0.05) is 12.1 Å². The van der Waals surface area contributed by atoms with Gasteiger partial charge in [-0.05, 0) is 42.8 Å². The Labute approximate surface area is 136 Å². The number of ether oxygens (including phenoxy) is 3. The number of hydrogen-bond acceptors (Lipinski definition) is 4. The highest BCUT2D eigenvalue weighted by molar-refractivity contribution is 9.10. The minimum Gasteiger partial charge on any atom is -0.490 e. The maximum Gasteiger partial charge on any atom is 0.138 e. The predicted octanol–water partition coefficient (Wildman–Crippen LogP) is 3.38. The van der Waals surface area contributed by atoms with E-state index in [4.69, 9.17) is 14.2 Å². The molecule has 0 aliphatic carbocycles. The molecule has 5 heteroatoms. The monoisotopic (exact) mass is 359 g/mol. The number of nitrogens with one attached hydrogen (secondary N) is 1. The Balaban J connectivity index is 2.51. The molecule has 0 aliphatic heterocycles. The molecular weight excluding hydrogens is 334 g/mol. The Bertz CT molecular complexity index is 418. The Morgan fingerprint density at radius 1 is 1.14 bits per heavy atom. The second-order valence-corrected chi connectivity index (χ2v) is 6.56. The molecular formula is C16H26BrNO3. The van der Waals surface area contributed by atoms with E-state index in [0.717, 1.165) is 28.9 Å². The lowest BCUT2D eigenvalue weighted by molar-refractivity contribution is -0.0164. The molecule has 0 spiro atoms. The Morgan fingerprint density at radius 3 is 2.57 bits per heavy atom. The van der Waals surface area contributed by atoms with E-state index in [0.29, 0.717) is 19.8 Å². The summed E-state index contributed by atoms with van der Waals surface area (Å²) >= 11 is 3.54. The molecule has 1 rings (SSSR count). The maximum absolute atomic E-state index is 5.88. The topological polar surface area (TPSA) is 39.7 Å². The molecule has 0 amide bonds. The Morgan fingerprint density at radius 2 is 1.90 bits per heavy atom. The van der Waals surface area contributed by atoms with Gasteiger partial charge in [0.1, 0.15) is 12.4 Å². The van der Waals surface area contributed by atoms with E-state index < -0.39 is 0 Å². The van der Waals surface area contributed by atoms with Crippen LogP contribution in [0, 0.1) is 0 Å². The number of halogens is 1. The van der Waals surface area contributed by atoms with Crippen LogP contribution in [0.5, 0.6) is 5.75 Å². The van der Waals surface area contributed by atoms with Gasteiger partial charge in [0.05, 0.1) is 23.3 Å². The van der Waals surface area contributed by atoms with Gasteiger partial charge in [0.2, 0.25) is 0 Å². The lowest BCUT2D eigenvalue weighted by Crippen LogP contribution is -2.23. The van der Waals surface area contributed by atoms with E-state index in [1.165, 1.54) is 0 Å². The maximum atomic E-state index is 5.88. The fourth-order valence-electron chi connectivity index (χ4n) is 1.74. The molecule has 0 atom stereocenters. The van der Waals surface area contributed by atoms with E-state index in [9.17, 15) is 0 Å². The summed E-state index contributed by atoms with van der Waals surface area (Å²) in [7, 11) is 1.70. The van der Waals surface area contributed by atoms with Crippen LogP contribution in [0.25, 0.3) is 0 Å². The van der Waals surface area contributed by atoms with Crippen LogP contribution in [0.3, 0.4) is 0 Å². The summed E-state index contributed by atoms with van der Waals surface area (Å²) in [5.41, 5.74) is 0.984. The highest BCUT2D eigenvalue weighted by atomic mass is 79.9. The first-order valence-electron chi connectivity index (χ1n) is 7.18. The van der Waals surface area contributed by atoms with Crippen LogP contribution in [0.4, 0.5) is 0 Å². The summed E-state index contributed by atoms with van der Waals surface area (Å²) in [6, 6.07) is 6.05. The van der Waals surface area contributed by atoms with Gasteiger partial charge in [0.25, 0.3) is 0 Å². The van der Waals surface area contributed by atoms with Crippen molar-refractivity contribution < 1.29 is 14.2 Å². The molecule has 1 aromatic carbocycles. The van der Waals surface area contributed by atoms with Gasteiger partial charge >= 0.3 is 0 Å². The van der Waals surface area contributed by atoms with Crippen LogP contribution in [0.15, 0.2) is 22.7 Å². The van der Waals surface area contributed by atoms with Gasteiger partial charge in [0, 0.05) is 25.8 Å². The van der Waals surface area contributed by atoms with Crippen molar-refractivity contribution in [3.8, 4) is 5.75 Å². The van der Waals surface area contributed by atoms with Crippen LogP contribution in [0.2, 0.25) is 0 Å². The van der Waals surface area contributed by atoms with Gasteiger partial charge in [-0.3, -0.25) is 0 Å². The zero-order valence-electron chi connectivity index (χ0n) is 13.4. The second-order valence-electron chi connectivity index (χ2n) is 5.71. The molecule has 1 aromatic rings. The minimum atomic E-state index is -0.137. The molecule has 0 bridgehead atoms. The van der Waals surface area contributed by atoms with Gasteiger partial charge in [-0.25, -0.2) is 0 Å². The zero-order valence-corrected chi connectivity index (χ0v) is 15.0. The van der Waals surface area contributed by atoms with Crippen LogP contribution in [-0.4, -0.2) is 39.1 Å². The first-order chi connectivity index (χ1) is 9.94. The molecule has 120 valence electrons. The molecule has 0 radical (unpaired) electrons. The first kappa shape index (κ1) is 18.4. The number of hydrogen-bond donors (Lipinski definition) is 1. The van der Waals surface area contributed by atoms with Gasteiger partial charge in [-0.2, -0.15) is 0 Å². The van der Waals surface area contributed by atoms with Crippen molar-refractivity contribution in [3.63, 3.8) is 0 Å². The summed E-state index contributed by atoms with van der Waals surface area (Å²) in [5, 5.41) is 3.33. The largest absolute Gasteiger partial charge is 0.490 e. The van der Waals surface area contributed by atoms with E-state index in [1.54, 1.807) is 7.11 Å². The Kier molecular flexibility index (Phi) is 8.26. The molecule has 0 saturated carbocycles. The fourth-order valence-corrected chi connectivity index (χ4v) is 2.26. The van der Waals surface area contributed by atoms with Crippen LogP contribution in [0.1, 0.15) is 26.3 Å². The second kappa shape index (κ2) is 9.41. The van der Waals surface area contributed by atoms with Gasteiger partial charge in [-0.15, -0.1) is 0 Å². The first-order valence-corrected chi connectivity index (χ1v) is 7.97. The van der Waals surface area contributed by atoms with Crippen LogP contribution in [-0.2, 0) is 16.0 Å². The van der Waals surface area contributed by atoms with Crippen molar-refractivity contribution in [1.82, 2.24) is 5.32 Å². The summed E-state index contributed by atoms with van der Waals surface area (Å²) in [6.07, 6.45) is 0. The SMILES string of the molecule is COCCNCc1cccc(Br)c1OCCOC(C)(C)C. The third-order valence-electron chi connectivity index (χ3n) is 2.71. The Hall–Kier alpha value is -0.620. The van der Waals surface area contributed by atoms with Crippen LogP contribution >= 0.6 is 15.9 Å². The van der Waals surface area contributed by atoms with Crippen molar-refractivity contribution >= 4 is 15.9 Å². The highest BCUT2D eigenvalue weighted by Crippen LogP contribution is 2.29. The molecule has 0 saturated heterocycles. The van der Waals surface area contributed by atoms with Crippen molar-refractivity contribution in [3.05, 3.63) is 28.2 Å². The smallest absolute Gasteiger partial charge is 0.138 e. The molecule has 21 heavy (non-hydrogen) atoms. The number of methoxy groups -OCH3 is 1. The standard InChI is InChI=1S/C16H26BrNO3/c1-16(2,3)21-11-10-20-15-13(6-5-7-14(15)17)12-18-8-9-19-4/h5-7,18H,8-12H2,1-4H3. The van der Waals surface area contributed by atoms with E-state index in [2.05, 4.69) is 27.3 Å². The molecule has 1 N–H and O–H groups in total. The fraction of sp³-hybridized carbons (Fsp3) is 0.625. The molecule has 0 fully saturated rings. The highest BCUT2D eigenvalue weighted by Gasteiger charge is 2.11. The molecule has 0 aliphatic rings. The summed E-state index contributed by atoms with van der Waals surface area (Å²) in [6.45, 7) is 9.48. The predicted molar refractivity (Wildman–Crippen MR) is 88.9 cm³/mol. The number of benzene rings is 1. The normalized spacial score (nSPS) is 11.7. The lowest BCUT2D eigenvalue weighted by atomic mass is 10.2. The molecule has 0 aromatic heterocycles. The van der Waals surface area contributed by atoms with E-state index in [1.807, 2.05) is 32.9 Å². The van der Waals surface area contributed by atoms with Crippen molar-refractivity contribution in [2.45, 2.75) is 32.9 Å². The van der Waals surface area contributed by atoms with E-state index in [-0.39, 0.29) is 5.60 Å². The average molecular weight is 360 g/mol. The third-order valence-corrected chi connectivity index (χ3v) is 3.34. The van der Waals surface area contributed by atoms with Crippen molar-refractivity contribution in [2.24, 2.45) is 0 Å². The summed E-state index contributed by atoms with van der Waals surface area (Å²) in [4.78, 5) is 0. The zero-order chi connectivity index (χ0) is 15.7. The van der Waals surface area contributed by atoms with Crippen molar-refractivity contribution in [1.29, 1.82) is 0 Å². The number of para-hydroxylation sites is 1. The molecule has 0 heterocycles. The third kappa shape index (κ3) is 7.81. The van der Waals surface area contributed by atoms with Gasteiger partial charge < -0.3 is 19.5 Å². The minimum absolute atomic E-state index is 0.137. The van der Waals surface area contributed by atoms with Crippen molar-refractivity contribution in [2.75, 3.05) is 33.5 Å². The summed E-state index contributed by atoms with van der Waals surface area (Å²) < 4.78 is 17.5. The average Bonchev–Trinajstić information content (AvgIpc) is 2.40. The summed E-state index contributed by atoms with van der Waals surface area (Å²) in [5.74, 6) is 0.875. The molecule has 0 unspecified atom stereocenters. The molecule has 4 nitrogen and oxygen atoms in total. The number of rotatable bonds is 9. The quantitative estimate of drug-likeness (QED) is 0.686. The van der Waals surface area contributed by atoms with E-state index >= 15 is 0 Å².